The van der Waals surface area contributed by atoms with E-state index in [-0.39, 0.29) is 5.78 Å². The predicted molar refractivity (Wildman–Crippen MR) is 113 cm³/mol. The molecule has 1 aromatic heterocycles. The van der Waals surface area contributed by atoms with E-state index in [2.05, 4.69) is 22.6 Å². The lowest BCUT2D eigenvalue weighted by molar-refractivity contribution is -0.0594. The van der Waals surface area contributed by atoms with Crippen LogP contribution in [0, 0.1) is 0 Å². The number of aliphatic hydroxyl groups is 3. The number of nitrogens with one attached hydrogen (secondary N) is 1. The Morgan fingerprint density at radius 2 is 2.00 bits per heavy atom. The van der Waals surface area contributed by atoms with E-state index in [0.717, 1.165) is 31.4 Å². The maximum atomic E-state index is 12.6. The number of aromatic nitrogens is 3. The number of carbonyl (C=O) groups excluding carboxylic acids is 1. The molecule has 168 valence electrons. The molecule has 1 aliphatic rings. The molecule has 0 saturated carbocycles. The van der Waals surface area contributed by atoms with Gasteiger partial charge in [0, 0.05) is 17.3 Å². The highest BCUT2D eigenvalue weighted by atomic mass is 16.6. The topological polar surface area (TPSA) is 130 Å². The summed E-state index contributed by atoms with van der Waals surface area (Å²) in [6.45, 7) is 2.07. The first-order chi connectivity index (χ1) is 15.0. The van der Waals surface area contributed by atoms with Crippen molar-refractivity contribution in [2.24, 2.45) is 0 Å². The van der Waals surface area contributed by atoms with E-state index in [1.54, 1.807) is 24.4 Å². The number of aliphatic hydroxyl groups excluding tert-OH is 3. The van der Waals surface area contributed by atoms with Crippen LogP contribution in [0.25, 0.3) is 0 Å². The largest absolute Gasteiger partial charge is 0.394 e. The van der Waals surface area contributed by atoms with Crippen LogP contribution >= 0.6 is 0 Å². The van der Waals surface area contributed by atoms with Crippen molar-refractivity contribution in [1.82, 2.24) is 20.3 Å². The van der Waals surface area contributed by atoms with Gasteiger partial charge in [-0.3, -0.25) is 4.79 Å². The fraction of sp³-hybridized carbons (Fsp3) is 0.500. The van der Waals surface area contributed by atoms with Gasteiger partial charge in [-0.25, -0.2) is 4.68 Å². The van der Waals surface area contributed by atoms with Crippen LogP contribution in [0.15, 0.2) is 48.3 Å². The van der Waals surface area contributed by atoms with E-state index >= 15 is 0 Å². The van der Waals surface area contributed by atoms with Crippen molar-refractivity contribution in [3.05, 3.63) is 59.6 Å². The van der Waals surface area contributed by atoms with Crippen molar-refractivity contribution in [2.45, 2.75) is 63.7 Å². The summed E-state index contributed by atoms with van der Waals surface area (Å²) in [6, 6.07) is 9.11. The van der Waals surface area contributed by atoms with E-state index in [1.165, 1.54) is 4.68 Å². The third kappa shape index (κ3) is 5.98. The van der Waals surface area contributed by atoms with Crippen LogP contribution in [0.2, 0.25) is 0 Å². The quantitative estimate of drug-likeness (QED) is 0.239. The second-order valence-electron chi connectivity index (χ2n) is 7.63. The van der Waals surface area contributed by atoms with E-state index in [9.17, 15) is 20.1 Å². The van der Waals surface area contributed by atoms with E-state index in [0.29, 0.717) is 17.8 Å². The van der Waals surface area contributed by atoms with Gasteiger partial charge >= 0.3 is 0 Å². The molecule has 0 aliphatic carbocycles. The molecular formula is C22H30N4O5. The maximum Gasteiger partial charge on any atom is 0.187 e. The molecule has 1 saturated heterocycles. The SMILES string of the molecule is CCCCCC(=CC(=O)c1ccccc1)NCc1cn([C@@H]2O[C@H](CO)[C@@H](O)[C@H]2O)nn1. The zero-order valence-electron chi connectivity index (χ0n) is 17.6. The van der Waals surface area contributed by atoms with E-state index < -0.39 is 31.1 Å². The van der Waals surface area contributed by atoms with Gasteiger partial charge in [-0.15, -0.1) is 5.10 Å². The molecular weight excluding hydrogens is 400 g/mol. The number of ketones is 1. The van der Waals surface area contributed by atoms with Gasteiger partial charge in [0.15, 0.2) is 12.0 Å². The lowest BCUT2D eigenvalue weighted by Gasteiger charge is -2.13. The fourth-order valence-corrected chi connectivity index (χ4v) is 3.44. The monoisotopic (exact) mass is 430 g/mol. The molecule has 0 bridgehead atoms. The minimum atomic E-state index is -1.22. The second-order valence-corrected chi connectivity index (χ2v) is 7.63. The Kier molecular flexibility index (Phi) is 8.30. The predicted octanol–water partition coefficient (Wildman–Crippen LogP) is 1.33. The van der Waals surface area contributed by atoms with Crippen LogP contribution < -0.4 is 5.32 Å². The standard InChI is InChI=1S/C22H30N4O5/c1-2-3-5-10-16(11-18(28)15-8-6-4-7-9-15)23-12-17-13-26(25-24-17)22-21(30)20(29)19(14-27)31-22/h4,6-9,11,13,19-23,27,29-30H,2-3,5,10,12,14H2,1H3/t19-,20-,21-,22-/m1/s1. The average molecular weight is 431 g/mol. The molecule has 1 aliphatic heterocycles. The molecule has 9 nitrogen and oxygen atoms in total. The zero-order chi connectivity index (χ0) is 22.2. The highest BCUT2D eigenvalue weighted by molar-refractivity contribution is 6.04. The number of nitrogens with zero attached hydrogens (tertiary/aromatic N) is 3. The third-order valence-corrected chi connectivity index (χ3v) is 5.25. The van der Waals surface area contributed by atoms with Crippen LogP contribution in [0.1, 0.15) is 54.9 Å². The van der Waals surface area contributed by atoms with Crippen LogP contribution in [0.5, 0.6) is 0 Å². The van der Waals surface area contributed by atoms with Crippen LogP contribution in [0.4, 0.5) is 0 Å². The second kappa shape index (κ2) is 11.1. The highest BCUT2D eigenvalue weighted by Gasteiger charge is 2.43. The Balaban J connectivity index is 1.65. The van der Waals surface area contributed by atoms with Crippen molar-refractivity contribution in [3.63, 3.8) is 0 Å². The van der Waals surface area contributed by atoms with Crippen LogP contribution in [-0.2, 0) is 11.3 Å². The number of carbonyl (C=O) groups is 1. The summed E-state index contributed by atoms with van der Waals surface area (Å²) >= 11 is 0. The Labute approximate surface area is 181 Å². The molecule has 1 fully saturated rings. The summed E-state index contributed by atoms with van der Waals surface area (Å²) in [4.78, 5) is 12.6. The van der Waals surface area contributed by atoms with Crippen molar-refractivity contribution in [1.29, 1.82) is 0 Å². The number of ether oxygens (including phenoxy) is 1. The lowest BCUT2D eigenvalue weighted by Crippen LogP contribution is -2.33. The molecule has 1 aromatic carbocycles. The summed E-state index contributed by atoms with van der Waals surface area (Å²) in [5.41, 5.74) is 2.05. The molecule has 0 amide bonds. The van der Waals surface area contributed by atoms with Gasteiger partial charge in [-0.1, -0.05) is 55.3 Å². The molecule has 3 rings (SSSR count). The van der Waals surface area contributed by atoms with Gasteiger partial charge in [-0.2, -0.15) is 0 Å². The van der Waals surface area contributed by atoms with E-state index in [4.69, 9.17) is 4.74 Å². The van der Waals surface area contributed by atoms with Gasteiger partial charge in [0.1, 0.15) is 24.0 Å². The van der Waals surface area contributed by atoms with Crippen molar-refractivity contribution < 1.29 is 24.9 Å². The minimum Gasteiger partial charge on any atom is -0.394 e. The lowest BCUT2D eigenvalue weighted by atomic mass is 10.1. The first-order valence-electron chi connectivity index (χ1n) is 10.6. The summed E-state index contributed by atoms with van der Waals surface area (Å²) in [6.07, 6.45) is 2.89. The zero-order valence-corrected chi connectivity index (χ0v) is 17.6. The highest BCUT2D eigenvalue weighted by Crippen LogP contribution is 2.28. The average Bonchev–Trinajstić information content (AvgIpc) is 3.37. The summed E-state index contributed by atoms with van der Waals surface area (Å²) in [5.74, 6) is -0.0604. The molecule has 9 heteroatoms. The number of unbranched alkanes of at least 4 members (excludes halogenated alkanes) is 2. The molecule has 4 atom stereocenters. The Morgan fingerprint density at radius 3 is 2.68 bits per heavy atom. The first-order valence-corrected chi connectivity index (χ1v) is 10.6. The first kappa shape index (κ1) is 23.1. The van der Waals surface area contributed by atoms with Crippen molar-refractivity contribution >= 4 is 5.78 Å². The van der Waals surface area contributed by atoms with Crippen LogP contribution in [0.3, 0.4) is 0 Å². The minimum absolute atomic E-state index is 0.0604. The van der Waals surface area contributed by atoms with Crippen molar-refractivity contribution in [2.75, 3.05) is 6.61 Å². The summed E-state index contributed by atoms with van der Waals surface area (Å²) in [7, 11) is 0. The van der Waals surface area contributed by atoms with Gasteiger partial charge in [0.25, 0.3) is 0 Å². The van der Waals surface area contributed by atoms with Gasteiger partial charge in [-0.05, 0) is 12.8 Å². The number of rotatable bonds is 11. The van der Waals surface area contributed by atoms with Gasteiger partial charge in [0.05, 0.1) is 19.3 Å². The number of hydrogen-bond acceptors (Lipinski definition) is 8. The molecule has 0 spiro atoms. The van der Waals surface area contributed by atoms with Gasteiger partial charge < -0.3 is 25.4 Å². The molecule has 0 radical (unpaired) electrons. The molecule has 2 heterocycles. The van der Waals surface area contributed by atoms with Crippen molar-refractivity contribution in [3.8, 4) is 0 Å². The fourth-order valence-electron chi connectivity index (χ4n) is 3.44. The molecule has 31 heavy (non-hydrogen) atoms. The number of allylic oxidation sites excluding steroid dienone is 2. The van der Waals surface area contributed by atoms with Crippen LogP contribution in [-0.4, -0.2) is 61.0 Å². The molecule has 4 N–H and O–H groups in total. The number of hydrogen-bond donors (Lipinski definition) is 4. The Hall–Kier alpha value is -2.59. The number of benzene rings is 1. The Morgan fingerprint density at radius 1 is 1.23 bits per heavy atom. The van der Waals surface area contributed by atoms with Gasteiger partial charge in [0.2, 0.25) is 0 Å². The summed E-state index contributed by atoms with van der Waals surface area (Å²) in [5, 5.41) is 40.6. The third-order valence-electron chi connectivity index (χ3n) is 5.25. The normalized spacial score (nSPS) is 23.8. The Bertz CT molecular complexity index is 870. The molecule has 0 unspecified atom stereocenters. The summed E-state index contributed by atoms with van der Waals surface area (Å²) < 4.78 is 6.79. The maximum absolute atomic E-state index is 12.6. The smallest absolute Gasteiger partial charge is 0.187 e. The van der Waals surface area contributed by atoms with E-state index in [1.807, 2.05) is 18.2 Å². The molecule has 2 aromatic rings.